The number of hydrogen-bond acceptors (Lipinski definition) is 5. The zero-order chi connectivity index (χ0) is 8.74. The number of hydrogen-bond donors (Lipinski definition) is 0. The molecule has 3 nitrogen and oxygen atoms in total. The maximum absolute atomic E-state index is 12.5. The molecule has 0 radical (unpaired) electrons. The Labute approximate surface area is 74.5 Å². The van der Waals surface area contributed by atoms with Gasteiger partial charge in [-0.25, -0.2) is 12.5 Å². The summed E-state index contributed by atoms with van der Waals surface area (Å²) in [5.74, 6) is 1.07. The number of halogens is 1. The highest BCUT2D eigenvalue weighted by atomic mass is 32.2. The molecule has 0 fully saturated rings. The van der Waals surface area contributed by atoms with Crippen LogP contribution in [0.15, 0.2) is 0 Å². The van der Waals surface area contributed by atoms with Gasteiger partial charge in [-0.3, -0.25) is 0 Å². The molecule has 0 aromatic rings. The van der Waals surface area contributed by atoms with E-state index in [2.05, 4.69) is 7.94 Å². The van der Waals surface area contributed by atoms with Gasteiger partial charge < -0.3 is 0 Å². The summed E-state index contributed by atoms with van der Waals surface area (Å²) in [7, 11) is -4.30. The molecule has 0 saturated heterocycles. The molecule has 0 heterocycles. The van der Waals surface area contributed by atoms with Crippen LogP contribution in [0.2, 0.25) is 0 Å². The van der Waals surface area contributed by atoms with Crippen LogP contribution in [0.1, 0.15) is 13.8 Å². The van der Waals surface area contributed by atoms with Gasteiger partial charge in [0.15, 0.2) is 0 Å². The van der Waals surface area contributed by atoms with Gasteiger partial charge in [-0.1, -0.05) is 13.8 Å². The van der Waals surface area contributed by atoms with Crippen LogP contribution in [0.4, 0.5) is 4.20 Å². The first-order valence-corrected chi connectivity index (χ1v) is 6.30. The molecule has 11 heavy (non-hydrogen) atoms. The Balaban J connectivity index is 3.53. The van der Waals surface area contributed by atoms with Crippen LogP contribution >= 0.6 is 32.0 Å². The summed E-state index contributed by atoms with van der Waals surface area (Å²) in [5.41, 5.74) is 0. The summed E-state index contributed by atoms with van der Waals surface area (Å²) >= 11 is 1.58. The Hall–Kier alpha value is 0.780. The van der Waals surface area contributed by atoms with Crippen molar-refractivity contribution in [3.05, 3.63) is 0 Å². The van der Waals surface area contributed by atoms with E-state index in [9.17, 15) is 8.76 Å². The van der Waals surface area contributed by atoms with Crippen LogP contribution in [0, 0.1) is 0 Å². The summed E-state index contributed by atoms with van der Waals surface area (Å²) in [4.78, 5) is 0. The fourth-order valence-corrected chi connectivity index (χ4v) is 2.42. The largest absolute Gasteiger partial charge is 0.535 e. The van der Waals surface area contributed by atoms with Gasteiger partial charge in [0.2, 0.25) is 0 Å². The van der Waals surface area contributed by atoms with Crippen LogP contribution < -0.4 is 0 Å². The molecule has 0 aliphatic rings. The molecule has 0 aliphatic heterocycles. The summed E-state index contributed by atoms with van der Waals surface area (Å²) in [6, 6.07) is 0. The monoisotopic (exact) mass is 220 g/mol. The Kier molecular flexibility index (Phi) is 6.76. The molecule has 7 heteroatoms. The highest BCUT2D eigenvalue weighted by Gasteiger charge is 2.24. The molecule has 68 valence electrons. The average molecular weight is 220 g/mol. The summed E-state index contributed by atoms with van der Waals surface area (Å²) < 4.78 is 31.6. The van der Waals surface area contributed by atoms with Gasteiger partial charge in [0.25, 0.3) is 0 Å². The van der Waals surface area contributed by atoms with Crippen molar-refractivity contribution < 1.29 is 16.7 Å². The van der Waals surface area contributed by atoms with Gasteiger partial charge >= 0.3 is 7.91 Å². The maximum Gasteiger partial charge on any atom is 0.535 e. The van der Waals surface area contributed by atoms with E-state index in [1.165, 1.54) is 0 Å². The zero-order valence-electron chi connectivity index (χ0n) is 6.28. The van der Waals surface area contributed by atoms with E-state index in [1.807, 2.05) is 0 Å². The molecule has 0 aromatic carbocycles. The third kappa shape index (κ3) is 7.15. The molecular formula is C4H10FO3PS2. The first-order chi connectivity index (χ1) is 5.12. The Bertz CT molecular complexity index is 133. The van der Waals surface area contributed by atoms with Gasteiger partial charge in [0, 0.05) is 35.6 Å². The second-order valence-electron chi connectivity index (χ2n) is 1.39. The molecule has 0 spiro atoms. The smallest absolute Gasteiger partial charge is 0.221 e. The maximum atomic E-state index is 12.5. The first kappa shape index (κ1) is 11.8. The SMILES string of the molecule is CCSOP(=O)(F)OSCC. The second kappa shape index (κ2) is 6.31. The van der Waals surface area contributed by atoms with E-state index in [0.29, 0.717) is 11.5 Å². The molecule has 0 rings (SSSR count). The summed E-state index contributed by atoms with van der Waals surface area (Å²) in [6.07, 6.45) is 0. The van der Waals surface area contributed by atoms with Gasteiger partial charge in [-0.05, 0) is 0 Å². The fraction of sp³-hybridized carbons (Fsp3) is 1.00. The Morgan fingerprint density at radius 3 is 1.91 bits per heavy atom. The van der Waals surface area contributed by atoms with Crippen molar-refractivity contribution in [2.75, 3.05) is 11.5 Å². The van der Waals surface area contributed by atoms with Crippen molar-refractivity contribution in [1.29, 1.82) is 0 Å². The fourth-order valence-electron chi connectivity index (χ4n) is 0.244. The van der Waals surface area contributed by atoms with Crippen molar-refractivity contribution >= 4 is 32.0 Å². The van der Waals surface area contributed by atoms with Gasteiger partial charge in [0.1, 0.15) is 0 Å². The van der Waals surface area contributed by atoms with Crippen LogP contribution in [0.25, 0.3) is 0 Å². The van der Waals surface area contributed by atoms with Crippen molar-refractivity contribution in [2.45, 2.75) is 13.8 Å². The van der Waals surface area contributed by atoms with Crippen LogP contribution in [0.5, 0.6) is 0 Å². The lowest BCUT2D eigenvalue weighted by molar-refractivity contribution is 0.378. The van der Waals surface area contributed by atoms with Crippen LogP contribution in [-0.4, -0.2) is 11.5 Å². The average Bonchev–Trinajstić information content (AvgIpc) is 1.97. The minimum atomic E-state index is -4.30. The molecule has 0 amide bonds. The molecule has 0 atom stereocenters. The van der Waals surface area contributed by atoms with Gasteiger partial charge in [-0.2, -0.15) is 0 Å². The molecule has 0 bridgehead atoms. The molecule has 0 unspecified atom stereocenters. The zero-order valence-corrected chi connectivity index (χ0v) is 8.81. The molecular weight excluding hydrogens is 210 g/mol. The third-order valence-electron chi connectivity index (χ3n) is 0.519. The molecule has 0 N–H and O–H groups in total. The Morgan fingerprint density at radius 1 is 1.27 bits per heavy atom. The van der Waals surface area contributed by atoms with Crippen molar-refractivity contribution in [3.63, 3.8) is 0 Å². The van der Waals surface area contributed by atoms with Gasteiger partial charge in [0.05, 0.1) is 0 Å². The van der Waals surface area contributed by atoms with Crippen LogP contribution in [0.3, 0.4) is 0 Å². The number of rotatable bonds is 6. The third-order valence-corrected chi connectivity index (χ3v) is 3.26. The summed E-state index contributed by atoms with van der Waals surface area (Å²) in [6.45, 7) is 3.52. The van der Waals surface area contributed by atoms with E-state index >= 15 is 0 Å². The first-order valence-electron chi connectivity index (χ1n) is 3.04. The van der Waals surface area contributed by atoms with Crippen molar-refractivity contribution in [3.8, 4) is 0 Å². The Morgan fingerprint density at radius 2 is 1.64 bits per heavy atom. The van der Waals surface area contributed by atoms with E-state index < -0.39 is 7.91 Å². The second-order valence-corrected chi connectivity index (χ2v) is 5.07. The van der Waals surface area contributed by atoms with Crippen LogP contribution in [-0.2, 0) is 12.5 Å². The topological polar surface area (TPSA) is 35.5 Å². The van der Waals surface area contributed by atoms with Crippen molar-refractivity contribution in [2.24, 2.45) is 0 Å². The van der Waals surface area contributed by atoms with E-state index in [0.717, 1.165) is 24.1 Å². The standard InChI is InChI=1S/C4H10FO3PS2/c1-3-10-7-9(5,6)8-11-4-2/h3-4H2,1-2H3. The lowest BCUT2D eigenvalue weighted by Crippen LogP contribution is -1.79. The quantitative estimate of drug-likeness (QED) is 0.506. The van der Waals surface area contributed by atoms with E-state index in [-0.39, 0.29) is 0 Å². The van der Waals surface area contributed by atoms with E-state index in [1.54, 1.807) is 13.8 Å². The molecule has 0 aliphatic carbocycles. The predicted molar refractivity (Wildman–Crippen MR) is 47.1 cm³/mol. The highest BCUT2D eigenvalue weighted by molar-refractivity contribution is 8.01. The minimum Gasteiger partial charge on any atom is -0.221 e. The molecule has 0 aromatic heterocycles. The lowest BCUT2D eigenvalue weighted by Gasteiger charge is -2.04. The minimum absolute atomic E-state index is 0.536. The van der Waals surface area contributed by atoms with E-state index in [4.69, 9.17) is 0 Å². The lowest BCUT2D eigenvalue weighted by atomic mass is 11.0. The predicted octanol–water partition coefficient (Wildman–Crippen LogP) is 3.43. The van der Waals surface area contributed by atoms with Gasteiger partial charge in [-0.15, -0.1) is 4.20 Å². The normalized spacial score (nSPS) is 11.9. The van der Waals surface area contributed by atoms with Crippen molar-refractivity contribution in [1.82, 2.24) is 0 Å². The highest BCUT2D eigenvalue weighted by Crippen LogP contribution is 2.55. The molecule has 0 saturated carbocycles. The summed E-state index contributed by atoms with van der Waals surface area (Å²) in [5, 5.41) is 0.